The van der Waals surface area contributed by atoms with Crippen LogP contribution in [0.25, 0.3) is 10.4 Å². The van der Waals surface area contributed by atoms with Gasteiger partial charge in [0.05, 0.1) is 45.3 Å². The molecule has 1 saturated carbocycles. The molecule has 392 valence electrons. The molecular formula is C52H68ClN11O7S2. The number of ether oxygens (including phenoxy) is 1. The minimum Gasteiger partial charge on any atom is -0.492 e. The summed E-state index contributed by atoms with van der Waals surface area (Å²) >= 11 is 9.64. The Morgan fingerprint density at radius 3 is 2.41 bits per heavy atom. The summed E-state index contributed by atoms with van der Waals surface area (Å²) in [6.07, 6.45) is 5.96. The standard InChI is InChI=1S/C52H68ClN11O7S2/c1-32-46(72-31-58-32)34-11-12-35(26-57-49(69)38-24-36(65)29-64(38)50(70)47(51(2,3)4)60-48(68)33-9-10-33)39(23-34)71-22-21-61-17-19-63(20-18-61)44(67)25-42(66)59-37-7-6-8-40(45(37)53)73-43-28-55-41(27-56-43)62-15-13-52(5,30-54)14-16-62/h6-8,11-12,23,27-28,31,33,36,38,47,65H,9-10,13-22,24-26,29-30,54H2,1-5H3,(H,57,69)(H,59,66)(H,60,68)/t36-,38+,47-/m1/s1. The van der Waals surface area contributed by atoms with E-state index < -0.39 is 35.4 Å². The molecule has 0 spiro atoms. The Labute approximate surface area is 440 Å². The van der Waals surface area contributed by atoms with Crippen molar-refractivity contribution in [2.45, 2.75) is 108 Å². The van der Waals surface area contributed by atoms with Gasteiger partial charge in [-0.3, -0.25) is 28.9 Å². The summed E-state index contributed by atoms with van der Waals surface area (Å²) in [5.74, 6) is -0.382. The van der Waals surface area contributed by atoms with Crippen molar-refractivity contribution >= 4 is 75.7 Å². The van der Waals surface area contributed by atoms with E-state index in [2.05, 4.69) is 47.6 Å². The van der Waals surface area contributed by atoms with Crippen LogP contribution in [0.3, 0.4) is 0 Å². The fourth-order valence-corrected chi connectivity index (χ4v) is 11.2. The van der Waals surface area contributed by atoms with Crippen LogP contribution in [0, 0.1) is 23.7 Å². The zero-order chi connectivity index (χ0) is 52.0. The molecule has 4 aromatic rings. The summed E-state index contributed by atoms with van der Waals surface area (Å²) in [5.41, 5.74) is 10.3. The second-order valence-electron chi connectivity index (χ2n) is 21.0. The SMILES string of the molecule is Cc1ncsc1-c1ccc(CNC(=O)[C@@H]2C[C@@H](O)CN2C(=O)[C@@H](NC(=O)C2CC2)C(C)(C)C)c(OCCN2CCN(C(=O)CC(=O)Nc3cccc(Sc4cnc(N5CCC(C)(CN)CC5)cn4)c3Cl)CC2)c1. The molecule has 2 aromatic carbocycles. The quantitative estimate of drug-likeness (QED) is 0.0793. The van der Waals surface area contributed by atoms with Crippen molar-refractivity contribution < 1.29 is 33.8 Å². The highest BCUT2D eigenvalue weighted by atomic mass is 35.5. The summed E-state index contributed by atoms with van der Waals surface area (Å²) in [4.78, 5) is 90.1. The van der Waals surface area contributed by atoms with Crippen molar-refractivity contribution in [3.8, 4) is 16.2 Å². The van der Waals surface area contributed by atoms with Gasteiger partial charge < -0.3 is 46.2 Å². The van der Waals surface area contributed by atoms with Gasteiger partial charge in [-0.2, -0.15) is 0 Å². The van der Waals surface area contributed by atoms with Gasteiger partial charge in [-0.25, -0.2) is 15.0 Å². The van der Waals surface area contributed by atoms with Crippen LogP contribution in [-0.2, 0) is 30.5 Å². The molecule has 3 saturated heterocycles. The van der Waals surface area contributed by atoms with Gasteiger partial charge in [0.1, 0.15) is 41.7 Å². The number of hydrogen-bond acceptors (Lipinski definition) is 15. The third-order valence-electron chi connectivity index (χ3n) is 14.3. The summed E-state index contributed by atoms with van der Waals surface area (Å²) in [6, 6.07) is 9.39. The number of aliphatic hydroxyl groups excluding tert-OH is 1. The number of rotatable bonds is 18. The van der Waals surface area contributed by atoms with Crippen molar-refractivity contribution in [2.75, 3.05) is 75.7 Å². The van der Waals surface area contributed by atoms with Gasteiger partial charge in [0.15, 0.2) is 0 Å². The number of amides is 5. The predicted octanol–water partition coefficient (Wildman–Crippen LogP) is 5.35. The van der Waals surface area contributed by atoms with Crippen LogP contribution in [0.2, 0.25) is 5.02 Å². The van der Waals surface area contributed by atoms with Gasteiger partial charge in [-0.1, -0.05) is 69.3 Å². The lowest BCUT2D eigenvalue weighted by atomic mass is 9.80. The van der Waals surface area contributed by atoms with E-state index in [0.29, 0.717) is 72.3 Å². The number of piperidine rings is 1. The van der Waals surface area contributed by atoms with Gasteiger partial charge in [0.25, 0.3) is 0 Å². The van der Waals surface area contributed by atoms with Gasteiger partial charge >= 0.3 is 0 Å². The fourth-order valence-electron chi connectivity index (χ4n) is 9.33. The lowest BCUT2D eigenvalue weighted by Gasteiger charge is -2.39. The van der Waals surface area contributed by atoms with Crippen LogP contribution in [0.4, 0.5) is 11.5 Å². The van der Waals surface area contributed by atoms with E-state index in [1.807, 2.05) is 52.0 Å². The average molecular weight is 1060 g/mol. The van der Waals surface area contributed by atoms with E-state index in [0.717, 1.165) is 66.3 Å². The summed E-state index contributed by atoms with van der Waals surface area (Å²) in [7, 11) is 0. The number of aromatic nitrogens is 3. The molecule has 3 atom stereocenters. The molecule has 0 bridgehead atoms. The number of thiazole rings is 1. The molecule has 1 aliphatic carbocycles. The fraction of sp³-hybridized carbons (Fsp3) is 0.538. The zero-order valence-electron chi connectivity index (χ0n) is 42.3. The molecule has 8 rings (SSSR count). The Morgan fingerprint density at radius 2 is 1.75 bits per heavy atom. The maximum absolute atomic E-state index is 14.0. The van der Waals surface area contributed by atoms with E-state index >= 15 is 0 Å². The van der Waals surface area contributed by atoms with Crippen LogP contribution in [0.1, 0.15) is 77.5 Å². The van der Waals surface area contributed by atoms with Crippen LogP contribution in [-0.4, -0.2) is 148 Å². The molecule has 5 amide bonds. The average Bonchev–Trinajstić information content (AvgIpc) is 4.02. The first-order valence-corrected chi connectivity index (χ1v) is 27.2. The maximum atomic E-state index is 14.0. The predicted molar refractivity (Wildman–Crippen MR) is 282 cm³/mol. The molecule has 5 heterocycles. The van der Waals surface area contributed by atoms with Gasteiger partial charge in [0.2, 0.25) is 29.5 Å². The number of nitrogens with zero attached hydrogens (tertiary/aromatic N) is 7. The number of benzene rings is 2. The van der Waals surface area contributed by atoms with Crippen molar-refractivity contribution in [2.24, 2.45) is 22.5 Å². The van der Waals surface area contributed by atoms with E-state index in [1.54, 1.807) is 34.9 Å². The summed E-state index contributed by atoms with van der Waals surface area (Å²) < 4.78 is 6.44. The van der Waals surface area contributed by atoms with E-state index in [1.165, 1.54) is 28.0 Å². The second kappa shape index (κ2) is 23.4. The molecule has 6 N–H and O–H groups in total. The maximum Gasteiger partial charge on any atom is 0.246 e. The lowest BCUT2D eigenvalue weighted by Crippen LogP contribution is -2.58. The third-order valence-corrected chi connectivity index (χ3v) is 16.8. The number of β-amino-alcohol motifs (C(OH)–C–C–N with tert-alkyl or cyclic N) is 1. The van der Waals surface area contributed by atoms with Crippen LogP contribution >= 0.6 is 34.7 Å². The van der Waals surface area contributed by atoms with Crippen LogP contribution in [0.15, 0.2) is 64.2 Å². The molecule has 0 unspecified atom stereocenters. The monoisotopic (exact) mass is 1060 g/mol. The number of aryl methyl sites for hydroxylation is 1. The van der Waals surface area contributed by atoms with E-state index in [-0.39, 0.29) is 55.0 Å². The number of piperazine rings is 1. The lowest BCUT2D eigenvalue weighted by molar-refractivity contribution is -0.144. The molecular weight excluding hydrogens is 990 g/mol. The Kier molecular flexibility index (Phi) is 17.3. The molecule has 73 heavy (non-hydrogen) atoms. The van der Waals surface area contributed by atoms with Gasteiger partial charge in [-0.05, 0) is 73.7 Å². The van der Waals surface area contributed by atoms with Crippen LogP contribution < -0.4 is 31.3 Å². The number of nitrogens with two attached hydrogens (primary N) is 1. The number of carbonyl (C=O) groups excluding carboxylic acids is 5. The third kappa shape index (κ3) is 13.7. The largest absolute Gasteiger partial charge is 0.492 e. The van der Waals surface area contributed by atoms with Crippen molar-refractivity contribution in [3.63, 3.8) is 0 Å². The number of likely N-dealkylation sites (tertiary alicyclic amines) is 1. The minimum atomic E-state index is -0.917. The van der Waals surface area contributed by atoms with Crippen molar-refractivity contribution in [3.05, 3.63) is 70.6 Å². The van der Waals surface area contributed by atoms with E-state index in [9.17, 15) is 29.1 Å². The minimum absolute atomic E-state index is 0.00840. The number of aliphatic hydroxyl groups is 1. The highest BCUT2D eigenvalue weighted by molar-refractivity contribution is 7.99. The number of anilines is 2. The first-order valence-electron chi connectivity index (χ1n) is 25.1. The number of nitrogens with one attached hydrogen (secondary N) is 3. The molecule has 2 aromatic heterocycles. The van der Waals surface area contributed by atoms with E-state index in [4.69, 9.17) is 22.1 Å². The molecule has 4 aliphatic rings. The highest BCUT2D eigenvalue weighted by Crippen LogP contribution is 2.38. The first kappa shape index (κ1) is 53.9. The molecule has 4 fully saturated rings. The van der Waals surface area contributed by atoms with Crippen molar-refractivity contribution in [1.82, 2.24) is 40.3 Å². The van der Waals surface area contributed by atoms with Crippen LogP contribution in [0.5, 0.6) is 5.75 Å². The van der Waals surface area contributed by atoms with Gasteiger partial charge in [0, 0.05) is 81.7 Å². The van der Waals surface area contributed by atoms with Crippen molar-refractivity contribution in [1.29, 1.82) is 0 Å². The topological polar surface area (TPSA) is 229 Å². The molecule has 21 heteroatoms. The highest BCUT2D eigenvalue weighted by Gasteiger charge is 2.45. The number of carbonyl (C=O) groups is 5. The first-order chi connectivity index (χ1) is 34.9. The summed E-state index contributed by atoms with van der Waals surface area (Å²) in [5, 5.41) is 20.5. The molecule has 3 aliphatic heterocycles. The Morgan fingerprint density at radius 1 is 1.00 bits per heavy atom. The molecule has 0 radical (unpaired) electrons. The van der Waals surface area contributed by atoms with Gasteiger partial charge in [-0.15, -0.1) is 11.3 Å². The molecule has 18 nitrogen and oxygen atoms in total. The smallest absolute Gasteiger partial charge is 0.246 e. The number of hydrogen-bond donors (Lipinski definition) is 5. The second-order valence-corrected chi connectivity index (χ2v) is 23.3. The zero-order valence-corrected chi connectivity index (χ0v) is 44.7. The Hall–Kier alpha value is -5.38. The normalized spacial score (nSPS) is 19.6. The summed E-state index contributed by atoms with van der Waals surface area (Å²) in [6.45, 7) is 15.3. The Balaban J connectivity index is 0.812. The Bertz CT molecular complexity index is 2630. The number of halogens is 1.